The molecule has 154 valence electrons. The first-order chi connectivity index (χ1) is 13.9. The zero-order valence-corrected chi connectivity index (χ0v) is 16.9. The van der Waals surface area contributed by atoms with Crippen molar-refractivity contribution in [3.63, 3.8) is 0 Å². The zero-order valence-electron chi connectivity index (χ0n) is 16.9. The fourth-order valence-electron chi connectivity index (χ4n) is 4.31. The molecule has 0 saturated carbocycles. The van der Waals surface area contributed by atoms with Gasteiger partial charge in [-0.2, -0.15) is 0 Å². The van der Waals surface area contributed by atoms with Crippen LogP contribution in [-0.4, -0.2) is 60.7 Å². The average molecular weight is 399 g/mol. The van der Waals surface area contributed by atoms with Crippen LogP contribution in [0.15, 0.2) is 24.4 Å². The highest BCUT2D eigenvalue weighted by Gasteiger charge is 2.45. The third-order valence-corrected chi connectivity index (χ3v) is 5.70. The molecule has 0 amide bonds. The lowest BCUT2D eigenvalue weighted by Gasteiger charge is -2.34. The number of aromatic nitrogens is 2. The van der Waals surface area contributed by atoms with Crippen LogP contribution in [0.1, 0.15) is 23.2 Å². The second-order valence-corrected chi connectivity index (χ2v) is 7.90. The lowest BCUT2D eigenvalue weighted by atomic mass is 9.80. The summed E-state index contributed by atoms with van der Waals surface area (Å²) in [7, 11) is 5.31. The molecular weight excluding hydrogens is 374 g/mol. The fraction of sp³-hybridized carbons (Fsp3) is 0.500. The van der Waals surface area contributed by atoms with Gasteiger partial charge in [0.25, 0.3) is 0 Å². The summed E-state index contributed by atoms with van der Waals surface area (Å²) in [5, 5.41) is 11.6. The Hall–Kier alpha value is -2.78. The maximum absolute atomic E-state index is 11.6. The van der Waals surface area contributed by atoms with Crippen molar-refractivity contribution in [1.29, 1.82) is 0 Å². The highest BCUT2D eigenvalue weighted by Crippen LogP contribution is 2.41. The number of nitrogens with zero attached hydrogens (tertiary/aromatic N) is 5. The Bertz CT molecular complexity index is 935. The Morgan fingerprint density at radius 3 is 2.97 bits per heavy atom. The highest BCUT2D eigenvalue weighted by molar-refractivity contribution is 5.52. The van der Waals surface area contributed by atoms with Crippen LogP contribution >= 0.6 is 0 Å². The van der Waals surface area contributed by atoms with Crippen LogP contribution in [0, 0.1) is 10.1 Å². The molecule has 1 saturated heterocycles. The van der Waals surface area contributed by atoms with E-state index in [4.69, 9.17) is 14.5 Å². The minimum Gasteiger partial charge on any atom is -0.490 e. The van der Waals surface area contributed by atoms with Crippen LogP contribution in [-0.2, 0) is 23.3 Å². The molecule has 29 heavy (non-hydrogen) atoms. The number of ether oxygens (including phenoxy) is 2. The van der Waals surface area contributed by atoms with Crippen molar-refractivity contribution in [3.05, 3.63) is 51.3 Å². The van der Waals surface area contributed by atoms with Crippen LogP contribution in [0.2, 0.25) is 0 Å². The van der Waals surface area contributed by atoms with Crippen molar-refractivity contribution >= 4 is 11.6 Å². The number of para-hydroxylation sites is 1. The molecule has 1 aromatic heterocycles. The highest BCUT2D eigenvalue weighted by atomic mass is 16.6. The van der Waals surface area contributed by atoms with Gasteiger partial charge in [0.1, 0.15) is 0 Å². The third-order valence-electron chi connectivity index (χ3n) is 5.70. The molecule has 3 heterocycles. The van der Waals surface area contributed by atoms with Gasteiger partial charge in [-0.25, -0.2) is 9.97 Å². The summed E-state index contributed by atoms with van der Waals surface area (Å²) >= 11 is 0. The Morgan fingerprint density at radius 1 is 1.41 bits per heavy atom. The van der Waals surface area contributed by atoms with Gasteiger partial charge in [0.15, 0.2) is 5.75 Å². The van der Waals surface area contributed by atoms with Crippen LogP contribution in [0.4, 0.5) is 11.6 Å². The predicted octanol–water partition coefficient (Wildman–Crippen LogP) is 2.13. The molecule has 1 spiro atoms. The van der Waals surface area contributed by atoms with E-state index in [1.807, 2.05) is 25.2 Å². The second kappa shape index (κ2) is 7.57. The number of rotatable bonds is 5. The molecule has 9 nitrogen and oxygen atoms in total. The first kappa shape index (κ1) is 19.5. The molecule has 0 N–H and O–H groups in total. The van der Waals surface area contributed by atoms with Crippen molar-refractivity contribution in [2.24, 2.45) is 0 Å². The van der Waals surface area contributed by atoms with Gasteiger partial charge in [-0.1, -0.05) is 12.1 Å². The number of hydrogen-bond donors (Lipinski definition) is 0. The van der Waals surface area contributed by atoms with Gasteiger partial charge in [0, 0.05) is 44.5 Å². The molecule has 1 atom stereocenters. The maximum atomic E-state index is 11.6. The van der Waals surface area contributed by atoms with Crippen molar-refractivity contribution in [2.45, 2.75) is 25.0 Å². The first-order valence-electron chi connectivity index (χ1n) is 9.57. The van der Waals surface area contributed by atoms with Crippen LogP contribution < -0.4 is 9.64 Å². The standard InChI is InChI=1S/C20H25N5O4/c1-23(2)19-21-9-15-11-29-13-20(18(15)22-19)7-8-24(12-20)10-14-5-4-6-16(28-3)17(14)25(26)27/h4-6,9H,7-8,10-13H2,1-3H3/t20-/m0/s1. The Kier molecular flexibility index (Phi) is 5.10. The summed E-state index contributed by atoms with van der Waals surface area (Å²) in [6, 6.07) is 5.21. The van der Waals surface area contributed by atoms with E-state index in [1.54, 1.807) is 18.2 Å². The number of anilines is 1. The normalized spacial score (nSPS) is 21.2. The smallest absolute Gasteiger partial charge is 0.315 e. The molecular formula is C20H25N5O4. The lowest BCUT2D eigenvalue weighted by Crippen LogP contribution is -2.40. The quantitative estimate of drug-likeness (QED) is 0.558. The molecule has 0 unspecified atom stereocenters. The van der Waals surface area contributed by atoms with Gasteiger partial charge in [0.2, 0.25) is 5.95 Å². The molecule has 0 radical (unpaired) electrons. The fourth-order valence-corrected chi connectivity index (χ4v) is 4.31. The largest absolute Gasteiger partial charge is 0.490 e. The van der Waals surface area contributed by atoms with E-state index >= 15 is 0 Å². The van der Waals surface area contributed by atoms with E-state index in [9.17, 15) is 10.1 Å². The average Bonchev–Trinajstić information content (AvgIpc) is 3.10. The molecule has 0 bridgehead atoms. The van der Waals surface area contributed by atoms with E-state index < -0.39 is 0 Å². The number of nitro benzene ring substituents is 1. The Balaban J connectivity index is 1.62. The van der Waals surface area contributed by atoms with E-state index in [-0.39, 0.29) is 21.8 Å². The summed E-state index contributed by atoms with van der Waals surface area (Å²) < 4.78 is 11.1. The molecule has 2 aromatic rings. The molecule has 4 rings (SSSR count). The van der Waals surface area contributed by atoms with Crippen molar-refractivity contribution in [3.8, 4) is 5.75 Å². The molecule has 2 aliphatic heterocycles. The predicted molar refractivity (Wildman–Crippen MR) is 107 cm³/mol. The number of fused-ring (bicyclic) bond motifs is 2. The Morgan fingerprint density at radius 2 is 2.24 bits per heavy atom. The van der Waals surface area contributed by atoms with E-state index in [1.165, 1.54) is 7.11 Å². The summed E-state index contributed by atoms with van der Waals surface area (Å²) in [6.45, 7) is 3.15. The molecule has 1 aromatic carbocycles. The second-order valence-electron chi connectivity index (χ2n) is 7.90. The minimum absolute atomic E-state index is 0.0356. The van der Waals surface area contributed by atoms with Crippen LogP contribution in [0.3, 0.4) is 0 Å². The summed E-state index contributed by atoms with van der Waals surface area (Å²) in [4.78, 5) is 24.6. The zero-order chi connectivity index (χ0) is 20.6. The molecule has 0 aliphatic carbocycles. The van der Waals surface area contributed by atoms with Crippen LogP contribution in [0.5, 0.6) is 5.75 Å². The topological polar surface area (TPSA) is 93.9 Å². The summed E-state index contributed by atoms with van der Waals surface area (Å²) in [5.74, 6) is 0.975. The van der Waals surface area contributed by atoms with Gasteiger partial charge in [-0.15, -0.1) is 0 Å². The first-order valence-corrected chi connectivity index (χ1v) is 9.57. The van der Waals surface area contributed by atoms with E-state index in [2.05, 4.69) is 9.88 Å². The van der Waals surface area contributed by atoms with Gasteiger partial charge in [0.05, 0.1) is 36.4 Å². The minimum atomic E-state index is -0.365. The van der Waals surface area contributed by atoms with Crippen molar-refractivity contribution in [2.75, 3.05) is 45.8 Å². The van der Waals surface area contributed by atoms with Crippen molar-refractivity contribution < 1.29 is 14.4 Å². The van der Waals surface area contributed by atoms with Gasteiger partial charge in [-0.3, -0.25) is 15.0 Å². The number of benzene rings is 1. The molecule has 9 heteroatoms. The summed E-state index contributed by atoms with van der Waals surface area (Å²) in [5.41, 5.74) is 2.55. The lowest BCUT2D eigenvalue weighted by molar-refractivity contribution is -0.386. The number of nitro groups is 1. The van der Waals surface area contributed by atoms with Gasteiger partial charge < -0.3 is 14.4 Å². The van der Waals surface area contributed by atoms with Gasteiger partial charge in [-0.05, 0) is 19.0 Å². The van der Waals surface area contributed by atoms with Crippen molar-refractivity contribution in [1.82, 2.24) is 14.9 Å². The number of likely N-dealkylation sites (tertiary alicyclic amines) is 1. The van der Waals surface area contributed by atoms with Gasteiger partial charge >= 0.3 is 5.69 Å². The SMILES string of the molecule is COc1cccc(CN2CC[C@@]3(COCc4cnc(N(C)C)nc43)C2)c1[N+](=O)[O-]. The number of hydrogen-bond acceptors (Lipinski definition) is 8. The van der Waals surface area contributed by atoms with E-state index in [0.29, 0.717) is 31.3 Å². The van der Waals surface area contributed by atoms with Crippen LogP contribution in [0.25, 0.3) is 0 Å². The summed E-state index contributed by atoms with van der Waals surface area (Å²) in [6.07, 6.45) is 2.75. The third kappa shape index (κ3) is 3.51. The number of methoxy groups -OCH3 is 1. The molecule has 2 aliphatic rings. The monoisotopic (exact) mass is 399 g/mol. The molecule has 1 fully saturated rings. The Labute approximate surface area is 169 Å². The van der Waals surface area contributed by atoms with E-state index in [0.717, 1.165) is 30.8 Å². The maximum Gasteiger partial charge on any atom is 0.315 e.